The molecule has 3 aromatic carbocycles. The van der Waals surface area contributed by atoms with Crippen LogP contribution in [0.4, 0.5) is 10.1 Å². The molecular formula is C29H31BrFNO3. The van der Waals surface area contributed by atoms with E-state index in [1.807, 2.05) is 54.3 Å². The molecule has 1 heterocycles. The molecule has 6 heteroatoms. The third-order valence-corrected chi connectivity index (χ3v) is 7.07. The SMILES string of the molecule is CCCCOc1cc(Br)ccc1[C@@H]1[C@@H](CC[C@H](O)c2ccc(F)cc2)C(=O)N1c1ccc(C)cc1. The lowest BCUT2D eigenvalue weighted by Crippen LogP contribution is -2.55. The van der Waals surface area contributed by atoms with Crippen LogP contribution in [0.15, 0.2) is 71.2 Å². The second kappa shape index (κ2) is 11.4. The highest BCUT2D eigenvalue weighted by atomic mass is 79.9. The predicted molar refractivity (Wildman–Crippen MR) is 140 cm³/mol. The second-order valence-electron chi connectivity index (χ2n) is 9.12. The summed E-state index contributed by atoms with van der Waals surface area (Å²) < 4.78 is 20.4. The van der Waals surface area contributed by atoms with Crippen LogP contribution >= 0.6 is 15.9 Å². The largest absolute Gasteiger partial charge is 0.493 e. The van der Waals surface area contributed by atoms with Crippen LogP contribution in [0.1, 0.15) is 61.4 Å². The number of anilines is 1. The summed E-state index contributed by atoms with van der Waals surface area (Å²) in [6, 6.07) is 19.6. The van der Waals surface area contributed by atoms with Crippen LogP contribution in [-0.4, -0.2) is 17.6 Å². The van der Waals surface area contributed by atoms with E-state index in [9.17, 15) is 14.3 Å². The van der Waals surface area contributed by atoms with Gasteiger partial charge in [0.1, 0.15) is 11.6 Å². The summed E-state index contributed by atoms with van der Waals surface area (Å²) in [5.41, 5.74) is 3.59. The summed E-state index contributed by atoms with van der Waals surface area (Å²) in [7, 11) is 0. The smallest absolute Gasteiger partial charge is 0.233 e. The number of amides is 1. The lowest BCUT2D eigenvalue weighted by atomic mass is 9.78. The fourth-order valence-electron chi connectivity index (χ4n) is 4.57. The number of hydrogen-bond acceptors (Lipinski definition) is 3. The van der Waals surface area contributed by atoms with Crippen molar-refractivity contribution in [2.75, 3.05) is 11.5 Å². The van der Waals surface area contributed by atoms with Crippen LogP contribution in [0.3, 0.4) is 0 Å². The molecule has 4 nitrogen and oxygen atoms in total. The topological polar surface area (TPSA) is 49.8 Å². The predicted octanol–water partition coefficient (Wildman–Crippen LogP) is 7.29. The normalized spacial score (nSPS) is 18.3. The minimum atomic E-state index is -0.761. The van der Waals surface area contributed by atoms with Gasteiger partial charge in [-0.3, -0.25) is 4.79 Å². The van der Waals surface area contributed by atoms with E-state index in [1.54, 1.807) is 12.1 Å². The molecule has 0 bridgehead atoms. The lowest BCUT2D eigenvalue weighted by molar-refractivity contribution is -0.131. The number of aliphatic hydroxyl groups is 1. The number of aryl methyl sites for hydroxylation is 1. The molecule has 35 heavy (non-hydrogen) atoms. The van der Waals surface area contributed by atoms with E-state index in [4.69, 9.17) is 4.74 Å². The average molecular weight is 540 g/mol. The lowest BCUT2D eigenvalue weighted by Gasteiger charge is -2.48. The molecule has 0 saturated carbocycles. The summed E-state index contributed by atoms with van der Waals surface area (Å²) in [4.78, 5) is 15.2. The van der Waals surface area contributed by atoms with Gasteiger partial charge in [0.05, 0.1) is 24.7 Å². The Balaban J connectivity index is 1.61. The van der Waals surface area contributed by atoms with Crippen LogP contribution in [0.25, 0.3) is 0 Å². The highest BCUT2D eigenvalue weighted by Crippen LogP contribution is 2.49. The fourth-order valence-corrected chi connectivity index (χ4v) is 4.91. The van der Waals surface area contributed by atoms with E-state index in [-0.39, 0.29) is 23.7 Å². The molecule has 0 unspecified atom stereocenters. The molecule has 1 fully saturated rings. The van der Waals surface area contributed by atoms with Gasteiger partial charge in [-0.05, 0) is 68.1 Å². The molecule has 1 aliphatic rings. The number of β-lactam (4-membered cyclic amide) rings is 1. The highest BCUT2D eigenvalue weighted by Gasteiger charge is 2.49. The fraction of sp³-hybridized carbons (Fsp3) is 0.345. The van der Waals surface area contributed by atoms with E-state index in [0.29, 0.717) is 25.0 Å². The van der Waals surface area contributed by atoms with Gasteiger partial charge in [0.25, 0.3) is 0 Å². The average Bonchev–Trinajstić information content (AvgIpc) is 2.85. The summed E-state index contributed by atoms with van der Waals surface area (Å²) in [5.74, 6) is 0.176. The number of aliphatic hydroxyl groups excluding tert-OH is 1. The number of benzene rings is 3. The Labute approximate surface area is 214 Å². The van der Waals surface area contributed by atoms with Gasteiger partial charge in [-0.1, -0.05) is 65.2 Å². The number of hydrogen-bond donors (Lipinski definition) is 1. The number of carbonyl (C=O) groups is 1. The van der Waals surface area contributed by atoms with E-state index in [2.05, 4.69) is 22.9 Å². The molecule has 3 atom stereocenters. The molecule has 1 N–H and O–H groups in total. The first-order valence-electron chi connectivity index (χ1n) is 12.1. The van der Waals surface area contributed by atoms with E-state index in [1.165, 1.54) is 12.1 Å². The van der Waals surface area contributed by atoms with Crippen molar-refractivity contribution in [1.82, 2.24) is 0 Å². The molecule has 0 aliphatic carbocycles. The molecule has 184 valence electrons. The molecule has 0 spiro atoms. The van der Waals surface area contributed by atoms with Crippen LogP contribution in [0.2, 0.25) is 0 Å². The maximum absolute atomic E-state index is 13.4. The number of ether oxygens (including phenoxy) is 1. The second-order valence-corrected chi connectivity index (χ2v) is 10.0. The third kappa shape index (κ3) is 5.76. The summed E-state index contributed by atoms with van der Waals surface area (Å²) >= 11 is 3.55. The van der Waals surface area contributed by atoms with Gasteiger partial charge in [-0.25, -0.2) is 4.39 Å². The van der Waals surface area contributed by atoms with Gasteiger partial charge in [-0.15, -0.1) is 0 Å². The van der Waals surface area contributed by atoms with Crippen molar-refractivity contribution in [3.8, 4) is 5.75 Å². The van der Waals surface area contributed by atoms with Gasteiger partial charge in [0, 0.05) is 15.7 Å². The molecule has 1 saturated heterocycles. The van der Waals surface area contributed by atoms with Crippen LogP contribution in [0.5, 0.6) is 5.75 Å². The molecule has 1 aliphatic heterocycles. The van der Waals surface area contributed by atoms with Crippen LogP contribution in [-0.2, 0) is 4.79 Å². The van der Waals surface area contributed by atoms with Crippen molar-refractivity contribution in [2.24, 2.45) is 5.92 Å². The van der Waals surface area contributed by atoms with Crippen molar-refractivity contribution in [3.05, 3.63) is 93.7 Å². The van der Waals surface area contributed by atoms with Gasteiger partial charge in [0.2, 0.25) is 5.91 Å². The van der Waals surface area contributed by atoms with Crippen molar-refractivity contribution >= 4 is 27.5 Å². The maximum Gasteiger partial charge on any atom is 0.233 e. The zero-order valence-corrected chi connectivity index (χ0v) is 21.7. The first-order chi connectivity index (χ1) is 16.9. The Morgan fingerprint density at radius 3 is 2.49 bits per heavy atom. The number of unbranched alkanes of at least 4 members (excludes halogenated alkanes) is 1. The summed E-state index contributed by atoms with van der Waals surface area (Å²) in [6.45, 7) is 4.75. The molecule has 3 aromatic rings. The Morgan fingerprint density at radius 2 is 1.80 bits per heavy atom. The van der Waals surface area contributed by atoms with Gasteiger partial charge < -0.3 is 14.7 Å². The van der Waals surface area contributed by atoms with E-state index in [0.717, 1.165) is 39.9 Å². The zero-order chi connectivity index (χ0) is 24.9. The Kier molecular flexibility index (Phi) is 8.24. The summed E-state index contributed by atoms with van der Waals surface area (Å²) in [5, 5.41) is 10.7. The monoisotopic (exact) mass is 539 g/mol. The number of nitrogens with zero attached hydrogens (tertiary/aromatic N) is 1. The molecule has 4 rings (SSSR count). The number of halogens is 2. The highest BCUT2D eigenvalue weighted by molar-refractivity contribution is 9.10. The van der Waals surface area contributed by atoms with Gasteiger partial charge in [0.15, 0.2) is 0 Å². The Bertz CT molecular complexity index is 1150. The quantitative estimate of drug-likeness (QED) is 0.217. The third-order valence-electron chi connectivity index (χ3n) is 6.58. The van der Waals surface area contributed by atoms with Crippen molar-refractivity contribution in [1.29, 1.82) is 0 Å². The van der Waals surface area contributed by atoms with Crippen molar-refractivity contribution < 1.29 is 19.0 Å². The minimum absolute atomic E-state index is 0.0348. The molecule has 0 aromatic heterocycles. The molecule has 0 radical (unpaired) electrons. The minimum Gasteiger partial charge on any atom is -0.493 e. The van der Waals surface area contributed by atoms with Crippen LogP contribution < -0.4 is 9.64 Å². The maximum atomic E-state index is 13.4. The zero-order valence-electron chi connectivity index (χ0n) is 20.1. The number of carbonyl (C=O) groups excluding carboxylic acids is 1. The van der Waals surface area contributed by atoms with Crippen LogP contribution in [0, 0.1) is 18.7 Å². The van der Waals surface area contributed by atoms with Gasteiger partial charge >= 0.3 is 0 Å². The standard InChI is InChI=1S/C29H31BrFNO3/c1-3-4-17-35-27-18-21(30)9-14-24(27)28-25(15-16-26(33)20-7-10-22(31)11-8-20)29(34)32(28)23-12-5-19(2)6-13-23/h5-14,18,25-26,28,33H,3-4,15-17H2,1-2H3/t25-,26+,28-/m1/s1. The van der Waals surface area contributed by atoms with Crippen molar-refractivity contribution in [2.45, 2.75) is 51.7 Å². The summed E-state index contributed by atoms with van der Waals surface area (Å²) in [6.07, 6.45) is 2.13. The Morgan fingerprint density at radius 1 is 1.09 bits per heavy atom. The first-order valence-corrected chi connectivity index (χ1v) is 12.9. The molecular weight excluding hydrogens is 509 g/mol. The first kappa shape index (κ1) is 25.4. The van der Waals surface area contributed by atoms with Gasteiger partial charge in [-0.2, -0.15) is 0 Å². The van der Waals surface area contributed by atoms with Crippen molar-refractivity contribution in [3.63, 3.8) is 0 Å². The number of rotatable bonds is 10. The Hall–Kier alpha value is -2.70. The molecule has 1 amide bonds. The van der Waals surface area contributed by atoms with E-state index < -0.39 is 6.10 Å². The van der Waals surface area contributed by atoms with E-state index >= 15 is 0 Å².